The van der Waals surface area contributed by atoms with E-state index in [0.29, 0.717) is 5.56 Å². The lowest BCUT2D eigenvalue weighted by Crippen LogP contribution is -2.38. The molecule has 0 aliphatic carbocycles. The van der Waals surface area contributed by atoms with Gasteiger partial charge in [0, 0.05) is 17.0 Å². The highest BCUT2D eigenvalue weighted by atomic mass is 32.1. The van der Waals surface area contributed by atoms with Crippen LogP contribution in [0.25, 0.3) is 0 Å². The number of nitrogens with one attached hydrogen (secondary N) is 1. The predicted molar refractivity (Wildman–Crippen MR) is 80.8 cm³/mol. The topological polar surface area (TPSA) is 62.2 Å². The largest absolute Gasteiger partial charge is 0.465 e. The van der Waals surface area contributed by atoms with Crippen LogP contribution in [-0.4, -0.2) is 22.4 Å². The Morgan fingerprint density at radius 2 is 1.91 bits per heavy atom. The van der Waals surface area contributed by atoms with Crippen molar-refractivity contribution in [2.24, 2.45) is 0 Å². The Bertz CT molecular complexity index is 700. The third-order valence-corrected chi connectivity index (χ3v) is 4.53. The summed E-state index contributed by atoms with van der Waals surface area (Å²) in [5.41, 5.74) is 0.327. The first-order valence-electron chi connectivity index (χ1n) is 6.77. The smallest absolute Gasteiger partial charge is 0.412 e. The molecule has 0 radical (unpaired) electrons. The maximum absolute atomic E-state index is 13.3. The van der Waals surface area contributed by atoms with E-state index in [2.05, 4.69) is 4.98 Å². The number of thiazole rings is 1. The molecule has 0 saturated heterocycles. The molecule has 0 bridgehead atoms. The van der Waals surface area contributed by atoms with Gasteiger partial charge in [0.05, 0.1) is 5.01 Å². The molecule has 0 aliphatic rings. The standard InChI is InChI=1S/C15H15F3N2O2S/c1-8(12-7-19-9(2)23-12)10-5-3-4-6-11(10)13(15(16,17)18)20-14(21)22/h3-8,13,20H,1-2H3,(H,21,22)/t8-,13+/m0/s1. The van der Waals surface area contributed by atoms with Gasteiger partial charge in [0.15, 0.2) is 6.04 Å². The van der Waals surface area contributed by atoms with Gasteiger partial charge in [-0.2, -0.15) is 13.2 Å². The lowest BCUT2D eigenvalue weighted by atomic mass is 9.90. The van der Waals surface area contributed by atoms with Crippen molar-refractivity contribution < 1.29 is 23.1 Å². The Morgan fingerprint density at radius 1 is 1.30 bits per heavy atom. The number of rotatable bonds is 4. The summed E-state index contributed by atoms with van der Waals surface area (Å²) in [5, 5.41) is 11.1. The van der Waals surface area contributed by atoms with Crippen LogP contribution in [0.3, 0.4) is 0 Å². The van der Waals surface area contributed by atoms with Gasteiger partial charge < -0.3 is 10.4 Å². The lowest BCUT2D eigenvalue weighted by Gasteiger charge is -2.25. The second-order valence-corrected chi connectivity index (χ2v) is 6.32. The number of aromatic nitrogens is 1. The van der Waals surface area contributed by atoms with Crippen molar-refractivity contribution in [2.75, 3.05) is 0 Å². The van der Waals surface area contributed by atoms with Crippen LogP contribution in [0.4, 0.5) is 18.0 Å². The van der Waals surface area contributed by atoms with E-state index >= 15 is 0 Å². The molecular weight excluding hydrogens is 329 g/mol. The molecule has 1 amide bonds. The van der Waals surface area contributed by atoms with Crippen LogP contribution in [0, 0.1) is 6.92 Å². The summed E-state index contributed by atoms with van der Waals surface area (Å²) in [7, 11) is 0. The third-order valence-electron chi connectivity index (χ3n) is 3.43. The Hall–Kier alpha value is -2.09. The maximum Gasteiger partial charge on any atom is 0.412 e. The highest BCUT2D eigenvalue weighted by molar-refractivity contribution is 7.11. The Kier molecular flexibility index (Phi) is 4.93. The maximum atomic E-state index is 13.3. The zero-order valence-electron chi connectivity index (χ0n) is 12.4. The SMILES string of the molecule is Cc1ncc([C@@H](C)c2ccccc2[C@@H](NC(=O)O)C(F)(F)F)s1. The van der Waals surface area contributed by atoms with Crippen molar-refractivity contribution in [2.45, 2.75) is 32.0 Å². The number of aryl methyl sites for hydroxylation is 1. The van der Waals surface area contributed by atoms with Gasteiger partial charge in [-0.15, -0.1) is 11.3 Å². The summed E-state index contributed by atoms with van der Waals surface area (Å²) in [4.78, 5) is 15.7. The Morgan fingerprint density at radius 3 is 2.39 bits per heavy atom. The average molecular weight is 344 g/mol. The van der Waals surface area contributed by atoms with Gasteiger partial charge in [0.2, 0.25) is 0 Å². The minimum Gasteiger partial charge on any atom is -0.465 e. The quantitative estimate of drug-likeness (QED) is 0.860. The van der Waals surface area contributed by atoms with E-state index in [1.54, 1.807) is 30.6 Å². The van der Waals surface area contributed by atoms with E-state index in [0.717, 1.165) is 9.88 Å². The third kappa shape index (κ3) is 4.01. The van der Waals surface area contributed by atoms with Gasteiger partial charge in [0.25, 0.3) is 0 Å². The minimum atomic E-state index is -4.72. The highest BCUT2D eigenvalue weighted by Gasteiger charge is 2.43. The number of benzene rings is 1. The van der Waals surface area contributed by atoms with Crippen molar-refractivity contribution in [3.05, 3.63) is 51.5 Å². The van der Waals surface area contributed by atoms with Crippen molar-refractivity contribution >= 4 is 17.4 Å². The van der Waals surface area contributed by atoms with Crippen molar-refractivity contribution in [1.29, 1.82) is 0 Å². The molecule has 2 N–H and O–H groups in total. The molecule has 8 heteroatoms. The van der Waals surface area contributed by atoms with Gasteiger partial charge in [-0.25, -0.2) is 9.78 Å². The normalized spacial score (nSPS) is 14.3. The van der Waals surface area contributed by atoms with E-state index < -0.39 is 18.3 Å². The van der Waals surface area contributed by atoms with Crippen molar-refractivity contribution in [1.82, 2.24) is 10.3 Å². The molecule has 0 saturated carbocycles. The highest BCUT2D eigenvalue weighted by Crippen LogP contribution is 2.39. The predicted octanol–water partition coefficient (Wildman–Crippen LogP) is 4.47. The number of amides is 1. The van der Waals surface area contributed by atoms with Gasteiger partial charge in [0.1, 0.15) is 0 Å². The monoisotopic (exact) mass is 344 g/mol. The first-order chi connectivity index (χ1) is 10.7. The van der Waals surface area contributed by atoms with Crippen molar-refractivity contribution in [3.8, 4) is 0 Å². The molecule has 1 aromatic heterocycles. The number of carbonyl (C=O) groups is 1. The van der Waals surface area contributed by atoms with Crippen LogP contribution in [0.15, 0.2) is 30.5 Å². The molecule has 4 nitrogen and oxygen atoms in total. The van der Waals surface area contributed by atoms with Gasteiger partial charge >= 0.3 is 12.3 Å². The first-order valence-corrected chi connectivity index (χ1v) is 7.59. The molecule has 1 heterocycles. The van der Waals surface area contributed by atoms with Crippen LogP contribution in [0.5, 0.6) is 0 Å². The zero-order valence-corrected chi connectivity index (χ0v) is 13.2. The van der Waals surface area contributed by atoms with Crippen LogP contribution >= 0.6 is 11.3 Å². The van der Waals surface area contributed by atoms with E-state index in [1.165, 1.54) is 23.5 Å². The number of hydrogen-bond acceptors (Lipinski definition) is 3. The fourth-order valence-electron chi connectivity index (χ4n) is 2.36. The fraction of sp³-hybridized carbons (Fsp3) is 0.333. The number of halogens is 3. The number of carboxylic acid groups (broad SMARTS) is 1. The van der Waals surface area contributed by atoms with E-state index in [9.17, 15) is 18.0 Å². The number of nitrogens with zero attached hydrogens (tertiary/aromatic N) is 1. The Balaban J connectivity index is 2.48. The molecule has 1 aromatic carbocycles. The zero-order chi connectivity index (χ0) is 17.2. The van der Waals surface area contributed by atoms with Crippen LogP contribution < -0.4 is 5.32 Å². The molecule has 2 aromatic rings. The molecule has 2 atom stereocenters. The molecule has 0 unspecified atom stereocenters. The van der Waals surface area contributed by atoms with Crippen molar-refractivity contribution in [3.63, 3.8) is 0 Å². The lowest BCUT2D eigenvalue weighted by molar-refractivity contribution is -0.156. The van der Waals surface area contributed by atoms with Gasteiger partial charge in [-0.3, -0.25) is 0 Å². The van der Waals surface area contributed by atoms with E-state index in [4.69, 9.17) is 5.11 Å². The first kappa shape index (κ1) is 17.3. The molecule has 0 aliphatic heterocycles. The summed E-state index contributed by atoms with van der Waals surface area (Å²) in [5.74, 6) is -0.321. The molecule has 23 heavy (non-hydrogen) atoms. The van der Waals surface area contributed by atoms with E-state index in [-0.39, 0.29) is 11.5 Å². The fourth-order valence-corrected chi connectivity index (χ4v) is 3.21. The summed E-state index contributed by atoms with van der Waals surface area (Å²) >= 11 is 1.40. The second kappa shape index (κ2) is 6.57. The summed E-state index contributed by atoms with van der Waals surface area (Å²) < 4.78 is 39.8. The number of hydrogen-bond donors (Lipinski definition) is 2. The summed E-state index contributed by atoms with van der Waals surface area (Å²) in [6.45, 7) is 3.59. The molecule has 0 fully saturated rings. The van der Waals surface area contributed by atoms with E-state index in [1.807, 2.05) is 6.92 Å². The van der Waals surface area contributed by atoms with Crippen LogP contribution in [0.2, 0.25) is 0 Å². The van der Waals surface area contributed by atoms with Gasteiger partial charge in [-0.05, 0) is 18.1 Å². The minimum absolute atomic E-state index is 0.0963. The van der Waals surface area contributed by atoms with Gasteiger partial charge in [-0.1, -0.05) is 31.2 Å². The molecule has 2 rings (SSSR count). The number of alkyl halides is 3. The van der Waals surface area contributed by atoms with Crippen LogP contribution in [0.1, 0.15) is 39.9 Å². The molecule has 0 spiro atoms. The van der Waals surface area contributed by atoms with Crippen LogP contribution in [-0.2, 0) is 0 Å². The molecule has 124 valence electrons. The summed E-state index contributed by atoms with van der Waals surface area (Å²) in [6.07, 6.45) is -4.81. The summed E-state index contributed by atoms with van der Waals surface area (Å²) in [6, 6.07) is 3.71. The Labute approximate surface area is 135 Å². The molecular formula is C15H15F3N2O2S. The average Bonchev–Trinajstić information content (AvgIpc) is 2.89. The second-order valence-electron chi connectivity index (χ2n) is 5.06.